The van der Waals surface area contributed by atoms with Gasteiger partial charge in [-0.2, -0.15) is 0 Å². The smallest absolute Gasteiger partial charge is 0.194 e. The van der Waals surface area contributed by atoms with Gasteiger partial charge in [0.25, 0.3) is 0 Å². The summed E-state index contributed by atoms with van der Waals surface area (Å²) < 4.78 is 39.5. The van der Waals surface area contributed by atoms with Crippen LogP contribution in [0.2, 0.25) is 0 Å². The fraction of sp³-hybridized carbons (Fsp3) is 0.167. The summed E-state index contributed by atoms with van der Waals surface area (Å²) in [6.07, 6.45) is 0. The molecule has 0 bridgehead atoms. The lowest BCUT2D eigenvalue weighted by Gasteiger charge is -2.10. The maximum absolute atomic E-state index is 13.6. The van der Waals surface area contributed by atoms with Crippen LogP contribution < -0.4 is 0 Å². The van der Waals surface area contributed by atoms with Crippen LogP contribution in [-0.2, 0) is 0 Å². The van der Waals surface area contributed by atoms with E-state index in [1.807, 2.05) is 19.1 Å². The van der Waals surface area contributed by atoms with Crippen LogP contribution >= 0.6 is 27.3 Å². The monoisotopic (exact) mass is 320 g/mol. The lowest BCUT2D eigenvalue weighted by atomic mass is 10.1. The van der Waals surface area contributed by atoms with Crippen molar-refractivity contribution in [1.29, 1.82) is 0 Å². The lowest BCUT2D eigenvalue weighted by Crippen LogP contribution is -2.00. The number of rotatable bonds is 2. The topological polar surface area (TPSA) is 0 Å². The summed E-state index contributed by atoms with van der Waals surface area (Å²) >= 11 is 4.78. The first kappa shape index (κ1) is 12.6. The normalized spacial score (nSPS) is 12.8. The van der Waals surface area contributed by atoms with Crippen molar-refractivity contribution in [3.63, 3.8) is 0 Å². The van der Waals surface area contributed by atoms with E-state index in [4.69, 9.17) is 0 Å². The number of hydrogen-bond acceptors (Lipinski definition) is 1. The molecule has 2 rings (SSSR count). The van der Waals surface area contributed by atoms with Crippen LogP contribution in [0.4, 0.5) is 13.2 Å². The molecule has 1 heterocycles. The summed E-state index contributed by atoms with van der Waals surface area (Å²) in [4.78, 5) is 1.47. The molecule has 0 aliphatic rings. The molecule has 90 valence electrons. The number of benzene rings is 1. The molecule has 0 radical (unpaired) electrons. The fourth-order valence-electron chi connectivity index (χ4n) is 1.48. The third-order valence-corrected chi connectivity index (χ3v) is 4.70. The Balaban J connectivity index is 2.44. The molecule has 0 aliphatic carbocycles. The van der Waals surface area contributed by atoms with Crippen LogP contribution in [0, 0.1) is 24.4 Å². The Hall–Kier alpha value is -0.810. The summed E-state index contributed by atoms with van der Waals surface area (Å²) in [5.41, 5.74) is 0.103. The zero-order valence-corrected chi connectivity index (χ0v) is 11.2. The Labute approximate surface area is 109 Å². The van der Waals surface area contributed by atoms with E-state index in [1.54, 1.807) is 0 Å². The SMILES string of the molecule is Cc1ccc(C(Br)c2ccc(F)c(F)c2F)s1. The first-order chi connectivity index (χ1) is 8.00. The molecule has 0 N–H and O–H groups in total. The van der Waals surface area contributed by atoms with Gasteiger partial charge in [-0.3, -0.25) is 0 Å². The van der Waals surface area contributed by atoms with Crippen molar-refractivity contribution in [2.24, 2.45) is 0 Å². The summed E-state index contributed by atoms with van der Waals surface area (Å²) in [5.74, 6) is -3.74. The molecule has 1 unspecified atom stereocenters. The molecule has 1 atom stereocenters. The van der Waals surface area contributed by atoms with Crippen LogP contribution in [0.1, 0.15) is 20.1 Å². The van der Waals surface area contributed by atoms with E-state index in [0.717, 1.165) is 15.8 Å². The van der Waals surface area contributed by atoms with Crippen molar-refractivity contribution < 1.29 is 13.2 Å². The van der Waals surface area contributed by atoms with Crippen LogP contribution in [0.3, 0.4) is 0 Å². The molecule has 0 amide bonds. The minimum Gasteiger partial charge on any atom is -0.204 e. The molecule has 0 fully saturated rings. The average Bonchev–Trinajstić information content (AvgIpc) is 2.72. The first-order valence-electron chi connectivity index (χ1n) is 4.84. The van der Waals surface area contributed by atoms with Gasteiger partial charge in [-0.25, -0.2) is 13.2 Å². The van der Waals surface area contributed by atoms with Gasteiger partial charge in [0.1, 0.15) is 0 Å². The van der Waals surface area contributed by atoms with Crippen molar-refractivity contribution >= 4 is 27.3 Å². The zero-order chi connectivity index (χ0) is 12.6. The van der Waals surface area contributed by atoms with E-state index >= 15 is 0 Å². The molecule has 1 aromatic heterocycles. The first-order valence-corrected chi connectivity index (χ1v) is 6.57. The second kappa shape index (κ2) is 4.82. The quantitative estimate of drug-likeness (QED) is 0.542. The van der Waals surface area contributed by atoms with Crippen molar-refractivity contribution in [2.75, 3.05) is 0 Å². The summed E-state index contributed by atoms with van der Waals surface area (Å²) in [6.45, 7) is 1.93. The van der Waals surface area contributed by atoms with Gasteiger partial charge in [-0.05, 0) is 25.1 Å². The predicted octanol–water partition coefficient (Wildman–Crippen LogP) is 4.96. The van der Waals surface area contributed by atoms with E-state index in [1.165, 1.54) is 17.4 Å². The highest BCUT2D eigenvalue weighted by molar-refractivity contribution is 9.09. The highest BCUT2D eigenvalue weighted by Gasteiger charge is 2.21. The summed E-state index contributed by atoms with van der Waals surface area (Å²) in [7, 11) is 0. The van der Waals surface area contributed by atoms with Crippen LogP contribution in [-0.4, -0.2) is 0 Å². The highest BCUT2D eigenvalue weighted by Crippen LogP contribution is 2.37. The molecular formula is C12H8BrF3S. The second-order valence-electron chi connectivity index (χ2n) is 3.58. The molecule has 2 aromatic rings. The number of thiophene rings is 1. The van der Waals surface area contributed by atoms with Gasteiger partial charge in [0.05, 0.1) is 4.83 Å². The van der Waals surface area contributed by atoms with E-state index in [2.05, 4.69) is 15.9 Å². The van der Waals surface area contributed by atoms with Crippen LogP contribution in [0.5, 0.6) is 0 Å². The second-order valence-corrected chi connectivity index (χ2v) is 5.81. The molecule has 0 saturated carbocycles. The van der Waals surface area contributed by atoms with Crippen LogP contribution in [0.25, 0.3) is 0 Å². The highest BCUT2D eigenvalue weighted by atomic mass is 79.9. The number of halogens is 4. The van der Waals surface area contributed by atoms with Gasteiger partial charge >= 0.3 is 0 Å². The average molecular weight is 321 g/mol. The van der Waals surface area contributed by atoms with Crippen molar-refractivity contribution in [3.8, 4) is 0 Å². The number of aryl methyl sites for hydroxylation is 1. The molecule has 0 spiro atoms. The largest absolute Gasteiger partial charge is 0.204 e. The predicted molar refractivity (Wildman–Crippen MR) is 66.1 cm³/mol. The number of alkyl halides is 1. The molecule has 0 nitrogen and oxygen atoms in total. The van der Waals surface area contributed by atoms with Gasteiger partial charge < -0.3 is 0 Å². The lowest BCUT2D eigenvalue weighted by molar-refractivity contribution is 0.442. The molecule has 0 saturated heterocycles. The Morgan fingerprint density at radius 3 is 2.35 bits per heavy atom. The number of hydrogen-bond donors (Lipinski definition) is 0. The van der Waals surface area contributed by atoms with Gasteiger partial charge in [0.2, 0.25) is 0 Å². The van der Waals surface area contributed by atoms with Crippen LogP contribution in [0.15, 0.2) is 24.3 Å². The summed E-state index contributed by atoms with van der Waals surface area (Å²) in [6, 6.07) is 5.91. The summed E-state index contributed by atoms with van der Waals surface area (Å²) in [5, 5.41) is 0. The standard InChI is InChI=1S/C12H8BrF3S/c1-6-2-5-9(17-6)10(13)7-3-4-8(14)12(16)11(7)15/h2-5,10H,1H3. The van der Waals surface area contributed by atoms with Crippen molar-refractivity contribution in [1.82, 2.24) is 0 Å². The Morgan fingerprint density at radius 1 is 1.06 bits per heavy atom. The van der Waals surface area contributed by atoms with E-state index in [0.29, 0.717) is 0 Å². The van der Waals surface area contributed by atoms with Gasteiger partial charge in [0, 0.05) is 15.3 Å². The Kier molecular flexibility index (Phi) is 3.58. The van der Waals surface area contributed by atoms with Crippen molar-refractivity contribution in [3.05, 3.63) is 57.0 Å². The Bertz CT molecular complexity index is 551. The fourth-order valence-corrected chi connectivity index (χ4v) is 3.14. The van der Waals surface area contributed by atoms with Gasteiger partial charge in [0.15, 0.2) is 17.5 Å². The molecule has 1 aromatic carbocycles. The third kappa shape index (κ3) is 2.40. The minimum absolute atomic E-state index is 0.103. The van der Waals surface area contributed by atoms with Gasteiger partial charge in [-0.15, -0.1) is 11.3 Å². The maximum Gasteiger partial charge on any atom is 0.194 e. The maximum atomic E-state index is 13.6. The molecule has 0 aliphatic heterocycles. The molecular weight excluding hydrogens is 313 g/mol. The molecule has 17 heavy (non-hydrogen) atoms. The van der Waals surface area contributed by atoms with Crippen molar-refractivity contribution in [2.45, 2.75) is 11.8 Å². The zero-order valence-electron chi connectivity index (χ0n) is 8.81. The van der Waals surface area contributed by atoms with Gasteiger partial charge in [-0.1, -0.05) is 22.0 Å². The van der Waals surface area contributed by atoms with E-state index < -0.39 is 22.3 Å². The van der Waals surface area contributed by atoms with E-state index in [9.17, 15) is 13.2 Å². The van der Waals surface area contributed by atoms with E-state index in [-0.39, 0.29) is 5.56 Å². The molecule has 5 heteroatoms. The minimum atomic E-state index is -1.43. The Morgan fingerprint density at radius 2 is 1.76 bits per heavy atom. The third-order valence-electron chi connectivity index (χ3n) is 2.35.